The highest BCUT2D eigenvalue weighted by Crippen LogP contribution is 2.32. The van der Waals surface area contributed by atoms with Crippen molar-refractivity contribution in [3.63, 3.8) is 0 Å². The topological polar surface area (TPSA) is 88.2 Å². The molecule has 1 fully saturated rings. The van der Waals surface area contributed by atoms with E-state index >= 15 is 0 Å². The summed E-state index contributed by atoms with van der Waals surface area (Å²) in [4.78, 5) is 17.4. The molecular weight excluding hydrogens is 442 g/mol. The van der Waals surface area contributed by atoms with Crippen molar-refractivity contribution in [1.82, 2.24) is 9.71 Å². The molecule has 2 N–H and O–H groups in total. The molecule has 4 rings (SSSR count). The molecule has 6 nitrogen and oxygen atoms in total. The van der Waals surface area contributed by atoms with Crippen LogP contribution < -0.4 is 10.0 Å². The van der Waals surface area contributed by atoms with E-state index in [2.05, 4.69) is 33.2 Å². The first-order chi connectivity index (χ1) is 15.1. The fourth-order valence-electron chi connectivity index (χ4n) is 3.98. The largest absolute Gasteiger partial charge is 0.302 e. The molecule has 2 aromatic carbocycles. The Morgan fingerprint density at radius 2 is 1.72 bits per heavy atom. The van der Waals surface area contributed by atoms with Gasteiger partial charge in [-0.15, -0.1) is 11.3 Å². The van der Waals surface area contributed by atoms with Gasteiger partial charge in [0.2, 0.25) is 15.9 Å². The van der Waals surface area contributed by atoms with Gasteiger partial charge < -0.3 is 5.32 Å². The van der Waals surface area contributed by atoms with Gasteiger partial charge in [-0.3, -0.25) is 4.79 Å². The first-order valence-corrected chi connectivity index (χ1v) is 13.3. The normalized spacial score (nSPS) is 19.7. The Labute approximate surface area is 193 Å². The van der Waals surface area contributed by atoms with Crippen LogP contribution in [0.4, 0.5) is 5.13 Å². The molecule has 1 aliphatic carbocycles. The van der Waals surface area contributed by atoms with E-state index in [0.717, 1.165) is 22.0 Å². The molecule has 0 saturated heterocycles. The van der Waals surface area contributed by atoms with Crippen LogP contribution in [0.25, 0.3) is 22.0 Å². The number of carbonyl (C=O) groups excluding carboxylic acids is 1. The summed E-state index contributed by atoms with van der Waals surface area (Å²) in [6, 6.07) is 14.2. The molecule has 1 aromatic heterocycles. The summed E-state index contributed by atoms with van der Waals surface area (Å²) in [6.07, 6.45) is 2.63. The molecule has 1 saturated carbocycles. The lowest BCUT2D eigenvalue weighted by molar-refractivity contribution is -0.120. The summed E-state index contributed by atoms with van der Waals surface area (Å²) in [7, 11) is -3.38. The lowest BCUT2D eigenvalue weighted by atomic mass is 9.86. The predicted molar refractivity (Wildman–Crippen MR) is 131 cm³/mol. The molecule has 0 aliphatic heterocycles. The maximum absolute atomic E-state index is 12.8. The highest BCUT2D eigenvalue weighted by Gasteiger charge is 2.34. The number of benzene rings is 2. The molecule has 0 spiro atoms. The zero-order chi connectivity index (χ0) is 22.9. The first kappa shape index (κ1) is 22.9. The second-order valence-electron chi connectivity index (χ2n) is 9.34. The Hall–Kier alpha value is -2.29. The van der Waals surface area contributed by atoms with Gasteiger partial charge in [0.25, 0.3) is 0 Å². The summed E-state index contributed by atoms with van der Waals surface area (Å²) in [5, 5.41) is 7.81. The minimum Gasteiger partial charge on any atom is -0.302 e. The highest BCUT2D eigenvalue weighted by molar-refractivity contribution is 7.90. The predicted octanol–water partition coefficient (Wildman–Crippen LogP) is 5.18. The van der Waals surface area contributed by atoms with E-state index in [9.17, 15) is 13.2 Å². The van der Waals surface area contributed by atoms with E-state index in [1.807, 2.05) is 29.6 Å². The number of sulfonamides is 1. The van der Waals surface area contributed by atoms with Crippen LogP contribution in [0.5, 0.6) is 0 Å². The van der Waals surface area contributed by atoms with Gasteiger partial charge >= 0.3 is 0 Å². The van der Waals surface area contributed by atoms with Gasteiger partial charge in [0.1, 0.15) is 0 Å². The number of amides is 1. The Bertz CT molecular complexity index is 1220. The molecule has 32 heavy (non-hydrogen) atoms. The molecule has 3 aromatic rings. The summed E-state index contributed by atoms with van der Waals surface area (Å²) < 4.78 is 26.7. The van der Waals surface area contributed by atoms with Crippen molar-refractivity contribution in [2.75, 3.05) is 5.32 Å². The van der Waals surface area contributed by atoms with Gasteiger partial charge in [-0.25, -0.2) is 18.1 Å². The van der Waals surface area contributed by atoms with Crippen molar-refractivity contribution in [2.24, 2.45) is 5.92 Å². The van der Waals surface area contributed by atoms with Gasteiger partial charge in [0, 0.05) is 22.9 Å². The Balaban J connectivity index is 1.37. The summed E-state index contributed by atoms with van der Waals surface area (Å²) in [5.41, 5.74) is 1.90. The fourth-order valence-corrected chi connectivity index (χ4v) is 5.72. The van der Waals surface area contributed by atoms with E-state index < -0.39 is 14.8 Å². The van der Waals surface area contributed by atoms with Gasteiger partial charge in [-0.05, 0) is 57.2 Å². The number of hydrogen-bond acceptors (Lipinski definition) is 5. The Morgan fingerprint density at radius 1 is 1.03 bits per heavy atom. The lowest BCUT2D eigenvalue weighted by Crippen LogP contribution is -2.46. The van der Waals surface area contributed by atoms with Crippen LogP contribution in [-0.4, -0.2) is 30.1 Å². The molecule has 0 atom stereocenters. The number of fused-ring (bicyclic) bond motifs is 1. The maximum atomic E-state index is 12.8. The van der Waals surface area contributed by atoms with E-state index in [4.69, 9.17) is 0 Å². The lowest BCUT2D eigenvalue weighted by Gasteiger charge is -2.30. The minimum atomic E-state index is -3.38. The number of carbonyl (C=O) groups is 1. The van der Waals surface area contributed by atoms with E-state index in [1.54, 1.807) is 20.8 Å². The standard InChI is InChI=1S/C24H29N3O3S2/c1-24(2,3)32(29,30)27-18-13-11-17(12-14-18)22(28)26-23-25-21(15-31-23)20-10-6-8-16-7-4-5-9-19(16)20/h4-10,15,17-18,27H,11-14H2,1-3H3,(H,25,26,28). The molecule has 170 valence electrons. The molecule has 1 aliphatic rings. The zero-order valence-electron chi connectivity index (χ0n) is 18.6. The van der Waals surface area contributed by atoms with Gasteiger partial charge in [0.05, 0.1) is 10.4 Å². The van der Waals surface area contributed by atoms with E-state index in [1.165, 1.54) is 11.3 Å². The Morgan fingerprint density at radius 3 is 2.44 bits per heavy atom. The fraction of sp³-hybridized carbons (Fsp3) is 0.417. The zero-order valence-corrected chi connectivity index (χ0v) is 20.2. The third-order valence-electron chi connectivity index (χ3n) is 6.03. The van der Waals surface area contributed by atoms with Crippen LogP contribution in [0.15, 0.2) is 47.8 Å². The molecule has 0 radical (unpaired) electrons. The smallest absolute Gasteiger partial charge is 0.229 e. The van der Waals surface area contributed by atoms with E-state index in [0.29, 0.717) is 30.8 Å². The van der Waals surface area contributed by atoms with Crippen LogP contribution in [0.2, 0.25) is 0 Å². The van der Waals surface area contributed by atoms with Gasteiger partial charge in [0.15, 0.2) is 5.13 Å². The van der Waals surface area contributed by atoms with Crippen molar-refractivity contribution in [2.45, 2.75) is 57.2 Å². The highest BCUT2D eigenvalue weighted by atomic mass is 32.2. The van der Waals surface area contributed by atoms with Crippen LogP contribution in [0.1, 0.15) is 46.5 Å². The van der Waals surface area contributed by atoms with Crippen molar-refractivity contribution < 1.29 is 13.2 Å². The second-order valence-corrected chi connectivity index (χ2v) is 12.7. The summed E-state index contributed by atoms with van der Waals surface area (Å²) >= 11 is 1.42. The quantitative estimate of drug-likeness (QED) is 0.537. The van der Waals surface area contributed by atoms with E-state index in [-0.39, 0.29) is 17.9 Å². The summed E-state index contributed by atoms with van der Waals surface area (Å²) in [5.74, 6) is -0.170. The maximum Gasteiger partial charge on any atom is 0.229 e. The molecule has 8 heteroatoms. The van der Waals surface area contributed by atoms with Crippen molar-refractivity contribution >= 4 is 43.2 Å². The average Bonchev–Trinajstić information content (AvgIpc) is 3.21. The van der Waals surface area contributed by atoms with Crippen molar-refractivity contribution in [3.05, 3.63) is 47.8 Å². The van der Waals surface area contributed by atoms with Crippen LogP contribution in [-0.2, 0) is 14.8 Å². The molecular formula is C24H29N3O3S2. The molecule has 0 bridgehead atoms. The first-order valence-electron chi connectivity index (χ1n) is 10.9. The number of nitrogens with one attached hydrogen (secondary N) is 2. The third-order valence-corrected chi connectivity index (χ3v) is 9.04. The number of nitrogens with zero attached hydrogens (tertiary/aromatic N) is 1. The minimum absolute atomic E-state index is 0.0408. The summed E-state index contributed by atoms with van der Waals surface area (Å²) in [6.45, 7) is 5.07. The number of hydrogen-bond donors (Lipinski definition) is 2. The molecule has 1 amide bonds. The second kappa shape index (κ2) is 8.92. The Kier molecular flexibility index (Phi) is 6.38. The van der Waals surface area contributed by atoms with Crippen LogP contribution in [0, 0.1) is 5.92 Å². The number of rotatable bonds is 5. The van der Waals surface area contributed by atoms with Crippen molar-refractivity contribution in [1.29, 1.82) is 0 Å². The monoisotopic (exact) mass is 471 g/mol. The van der Waals surface area contributed by atoms with Gasteiger partial charge in [-0.1, -0.05) is 42.5 Å². The van der Waals surface area contributed by atoms with Crippen molar-refractivity contribution in [3.8, 4) is 11.3 Å². The molecule has 0 unspecified atom stereocenters. The number of thiazole rings is 1. The number of anilines is 1. The average molecular weight is 472 g/mol. The SMILES string of the molecule is CC(C)(C)S(=O)(=O)NC1CCC(C(=O)Nc2nc(-c3cccc4ccccc34)cs2)CC1. The van der Waals surface area contributed by atoms with Gasteiger partial charge in [-0.2, -0.15) is 0 Å². The third kappa shape index (κ3) is 4.87. The van der Waals surface area contributed by atoms with Crippen LogP contribution >= 0.6 is 11.3 Å². The molecule has 1 heterocycles. The number of aromatic nitrogens is 1. The van der Waals surface area contributed by atoms with Crippen LogP contribution in [0.3, 0.4) is 0 Å².